The molecule has 3 atom stereocenters. The Morgan fingerprint density at radius 3 is 2.80 bits per heavy atom. The van der Waals surface area contributed by atoms with Crippen molar-refractivity contribution in [3.8, 4) is 0 Å². The summed E-state index contributed by atoms with van der Waals surface area (Å²) < 4.78 is 12.9. The van der Waals surface area contributed by atoms with E-state index in [1.54, 1.807) is 0 Å². The van der Waals surface area contributed by atoms with Gasteiger partial charge in [0, 0.05) is 6.04 Å². The molecular weight excluding hydrogens is 133 g/mol. The molecule has 1 heterocycles. The average Bonchev–Trinajstić information content (AvgIpc) is 2.36. The van der Waals surface area contributed by atoms with E-state index in [4.69, 9.17) is 5.11 Å². The Labute approximate surface area is 60.4 Å². The summed E-state index contributed by atoms with van der Waals surface area (Å²) in [6.45, 7) is 2.38. The van der Waals surface area contributed by atoms with Crippen LogP contribution in [-0.2, 0) is 0 Å². The summed E-state index contributed by atoms with van der Waals surface area (Å²) in [6.07, 6.45) is -0.0535. The summed E-state index contributed by atoms with van der Waals surface area (Å²) in [6, 6.07) is -0.111. The van der Waals surface area contributed by atoms with Crippen molar-refractivity contribution in [3.63, 3.8) is 0 Å². The van der Waals surface area contributed by atoms with Gasteiger partial charge in [-0.15, -0.1) is 0 Å². The third kappa shape index (κ3) is 1.67. The Bertz CT molecular complexity index is 102. The summed E-state index contributed by atoms with van der Waals surface area (Å²) >= 11 is 0. The fraction of sp³-hybridized carbons (Fsp3) is 1.00. The fourth-order valence-corrected chi connectivity index (χ4v) is 1.32. The first-order valence-electron chi connectivity index (χ1n) is 3.77. The van der Waals surface area contributed by atoms with Gasteiger partial charge in [-0.05, 0) is 26.3 Å². The van der Waals surface area contributed by atoms with E-state index in [9.17, 15) is 4.39 Å². The van der Waals surface area contributed by atoms with E-state index >= 15 is 0 Å². The van der Waals surface area contributed by atoms with Gasteiger partial charge < -0.3 is 10.4 Å². The van der Waals surface area contributed by atoms with E-state index in [1.165, 1.54) is 6.92 Å². The first-order valence-corrected chi connectivity index (χ1v) is 3.77. The number of nitrogens with one attached hydrogen (secondary N) is 1. The zero-order chi connectivity index (χ0) is 7.56. The summed E-state index contributed by atoms with van der Waals surface area (Å²) in [5, 5.41) is 11.9. The number of aliphatic hydroxyl groups is 1. The van der Waals surface area contributed by atoms with Crippen LogP contribution in [-0.4, -0.2) is 30.0 Å². The summed E-state index contributed by atoms with van der Waals surface area (Å²) in [5.41, 5.74) is 0. The number of rotatable bonds is 2. The second-order valence-corrected chi connectivity index (χ2v) is 2.89. The molecule has 0 aromatic rings. The van der Waals surface area contributed by atoms with Crippen molar-refractivity contribution >= 4 is 0 Å². The highest BCUT2D eigenvalue weighted by molar-refractivity contribution is 4.84. The standard InChI is InChI=1S/C7H14FNO/c1-5(10)7(8)6-3-2-4-9-6/h5-7,9-10H,2-4H2,1H3. The largest absolute Gasteiger partial charge is 0.390 e. The van der Waals surface area contributed by atoms with Gasteiger partial charge >= 0.3 is 0 Å². The van der Waals surface area contributed by atoms with E-state index < -0.39 is 12.3 Å². The molecule has 0 saturated carbocycles. The van der Waals surface area contributed by atoms with Gasteiger partial charge in [-0.2, -0.15) is 0 Å². The Morgan fingerprint density at radius 2 is 2.40 bits per heavy atom. The topological polar surface area (TPSA) is 32.3 Å². The van der Waals surface area contributed by atoms with E-state index in [0.717, 1.165) is 19.4 Å². The molecule has 2 nitrogen and oxygen atoms in total. The van der Waals surface area contributed by atoms with Crippen molar-refractivity contribution in [1.82, 2.24) is 5.32 Å². The predicted molar refractivity (Wildman–Crippen MR) is 37.6 cm³/mol. The number of halogens is 1. The average molecular weight is 147 g/mol. The normalized spacial score (nSPS) is 32.1. The third-order valence-corrected chi connectivity index (χ3v) is 1.94. The minimum absolute atomic E-state index is 0.111. The van der Waals surface area contributed by atoms with E-state index in [1.807, 2.05) is 0 Å². The van der Waals surface area contributed by atoms with Gasteiger partial charge in [0.1, 0.15) is 6.17 Å². The molecule has 3 unspecified atom stereocenters. The van der Waals surface area contributed by atoms with Crippen molar-refractivity contribution in [2.45, 2.75) is 38.1 Å². The maximum Gasteiger partial charge on any atom is 0.141 e. The summed E-state index contributed by atoms with van der Waals surface area (Å²) in [5.74, 6) is 0. The highest BCUT2D eigenvalue weighted by atomic mass is 19.1. The van der Waals surface area contributed by atoms with Gasteiger partial charge in [-0.1, -0.05) is 0 Å². The van der Waals surface area contributed by atoms with Crippen LogP contribution in [0.25, 0.3) is 0 Å². The van der Waals surface area contributed by atoms with Crippen molar-refractivity contribution in [2.24, 2.45) is 0 Å². The number of hydrogen-bond acceptors (Lipinski definition) is 2. The molecule has 10 heavy (non-hydrogen) atoms. The molecule has 0 radical (unpaired) electrons. The molecule has 3 heteroatoms. The second kappa shape index (κ2) is 3.30. The second-order valence-electron chi connectivity index (χ2n) is 2.89. The first-order chi connectivity index (χ1) is 4.72. The van der Waals surface area contributed by atoms with E-state index in [-0.39, 0.29) is 6.04 Å². The summed E-state index contributed by atoms with van der Waals surface area (Å²) in [7, 11) is 0. The molecule has 0 spiro atoms. The van der Waals surface area contributed by atoms with Crippen LogP contribution < -0.4 is 5.32 Å². The Hall–Kier alpha value is -0.150. The lowest BCUT2D eigenvalue weighted by atomic mass is 10.1. The van der Waals surface area contributed by atoms with Crippen molar-refractivity contribution in [1.29, 1.82) is 0 Å². The van der Waals surface area contributed by atoms with Crippen molar-refractivity contribution in [3.05, 3.63) is 0 Å². The summed E-state index contributed by atoms with van der Waals surface area (Å²) in [4.78, 5) is 0. The lowest BCUT2D eigenvalue weighted by molar-refractivity contribution is 0.0721. The molecule has 1 aliphatic rings. The highest BCUT2D eigenvalue weighted by Gasteiger charge is 2.27. The highest BCUT2D eigenvalue weighted by Crippen LogP contribution is 2.14. The van der Waals surface area contributed by atoms with E-state index in [2.05, 4.69) is 5.32 Å². The monoisotopic (exact) mass is 147 g/mol. The maximum absolute atomic E-state index is 12.9. The van der Waals surface area contributed by atoms with Crippen molar-refractivity contribution < 1.29 is 9.50 Å². The lowest BCUT2D eigenvalue weighted by Crippen LogP contribution is -2.38. The molecule has 1 fully saturated rings. The Kier molecular flexibility index (Phi) is 2.63. The van der Waals surface area contributed by atoms with Gasteiger partial charge in [-0.3, -0.25) is 0 Å². The molecule has 1 aliphatic heterocycles. The Balaban J connectivity index is 2.32. The quantitative estimate of drug-likeness (QED) is 0.594. The minimum atomic E-state index is -1.09. The molecule has 2 N–H and O–H groups in total. The zero-order valence-corrected chi connectivity index (χ0v) is 6.18. The SMILES string of the molecule is CC(O)C(F)C1CCCN1. The molecule has 1 rings (SSSR count). The molecule has 1 saturated heterocycles. The van der Waals surface area contributed by atoms with Gasteiger partial charge in [0.05, 0.1) is 6.10 Å². The molecule has 60 valence electrons. The molecule has 0 amide bonds. The van der Waals surface area contributed by atoms with Gasteiger partial charge in [-0.25, -0.2) is 4.39 Å². The van der Waals surface area contributed by atoms with Crippen LogP contribution in [0.15, 0.2) is 0 Å². The van der Waals surface area contributed by atoms with Crippen LogP contribution in [0.2, 0.25) is 0 Å². The van der Waals surface area contributed by atoms with Crippen LogP contribution in [0.5, 0.6) is 0 Å². The molecule has 0 aromatic carbocycles. The Morgan fingerprint density at radius 1 is 1.70 bits per heavy atom. The molecule has 0 aliphatic carbocycles. The smallest absolute Gasteiger partial charge is 0.141 e. The molecule has 0 bridgehead atoms. The number of alkyl halides is 1. The van der Waals surface area contributed by atoms with Crippen LogP contribution in [0, 0.1) is 0 Å². The number of hydrogen-bond donors (Lipinski definition) is 2. The first kappa shape index (κ1) is 7.95. The van der Waals surface area contributed by atoms with E-state index in [0.29, 0.717) is 0 Å². The van der Waals surface area contributed by atoms with Crippen LogP contribution in [0.4, 0.5) is 4.39 Å². The number of aliphatic hydroxyl groups excluding tert-OH is 1. The van der Waals surface area contributed by atoms with Gasteiger partial charge in [0.15, 0.2) is 0 Å². The predicted octanol–water partition coefficient (Wildman–Crippen LogP) is 0.457. The van der Waals surface area contributed by atoms with Crippen LogP contribution >= 0.6 is 0 Å². The van der Waals surface area contributed by atoms with Gasteiger partial charge in [0.2, 0.25) is 0 Å². The van der Waals surface area contributed by atoms with Gasteiger partial charge in [0.25, 0.3) is 0 Å². The van der Waals surface area contributed by atoms with Crippen LogP contribution in [0.1, 0.15) is 19.8 Å². The zero-order valence-electron chi connectivity index (χ0n) is 6.18. The molecule has 0 aromatic heterocycles. The fourth-order valence-electron chi connectivity index (χ4n) is 1.32. The maximum atomic E-state index is 12.9. The molecular formula is C7H14FNO. The van der Waals surface area contributed by atoms with Crippen molar-refractivity contribution in [2.75, 3.05) is 6.54 Å². The lowest BCUT2D eigenvalue weighted by Gasteiger charge is -2.17. The van der Waals surface area contributed by atoms with Crippen LogP contribution in [0.3, 0.4) is 0 Å². The minimum Gasteiger partial charge on any atom is -0.390 e. The third-order valence-electron chi connectivity index (χ3n) is 1.94.